The van der Waals surface area contributed by atoms with Gasteiger partial charge in [-0.25, -0.2) is 0 Å². The summed E-state index contributed by atoms with van der Waals surface area (Å²) < 4.78 is 0. The molecule has 1 aromatic carbocycles. The first-order valence-electron chi connectivity index (χ1n) is 6.08. The summed E-state index contributed by atoms with van der Waals surface area (Å²) in [5.41, 5.74) is 18.3. The van der Waals surface area contributed by atoms with E-state index in [9.17, 15) is 0 Å². The third-order valence-electron chi connectivity index (χ3n) is 3.33. The van der Waals surface area contributed by atoms with Gasteiger partial charge in [-0.05, 0) is 35.7 Å². The number of hydrogen-bond donors (Lipinski definition) is 2. The zero-order valence-corrected chi connectivity index (χ0v) is 10.6. The highest BCUT2D eigenvalue weighted by Crippen LogP contribution is 2.26. The average Bonchev–Trinajstić information content (AvgIpc) is 2.41. The zero-order chi connectivity index (χ0) is 13.0. The normalized spacial score (nSPS) is 15.3. The van der Waals surface area contributed by atoms with Crippen LogP contribution in [0.5, 0.6) is 0 Å². The standard InChI is InChI=1S/C12H18N6/c1-9-10(8-16-17-14)6-11(7-12(9)13)18-4-2-15-3-5-18/h6-7,15H,2-5,8,13H2,1H3. The Morgan fingerprint density at radius 3 is 2.83 bits per heavy atom. The van der Waals surface area contributed by atoms with Crippen LogP contribution < -0.4 is 16.0 Å². The molecule has 2 rings (SSSR count). The van der Waals surface area contributed by atoms with E-state index in [0.717, 1.165) is 48.7 Å². The van der Waals surface area contributed by atoms with Crippen molar-refractivity contribution in [3.05, 3.63) is 33.7 Å². The van der Waals surface area contributed by atoms with Gasteiger partial charge in [-0.15, -0.1) is 0 Å². The summed E-state index contributed by atoms with van der Waals surface area (Å²) in [5.74, 6) is 0. The summed E-state index contributed by atoms with van der Waals surface area (Å²) in [5, 5.41) is 6.94. The van der Waals surface area contributed by atoms with Crippen molar-refractivity contribution in [3.8, 4) is 0 Å². The Bertz CT molecular complexity index is 472. The summed E-state index contributed by atoms with van der Waals surface area (Å²) in [6, 6.07) is 4.08. The highest BCUT2D eigenvalue weighted by atomic mass is 15.2. The van der Waals surface area contributed by atoms with Crippen LogP contribution in [0, 0.1) is 6.92 Å². The number of piperazine rings is 1. The number of benzene rings is 1. The number of nitrogens with one attached hydrogen (secondary N) is 1. The predicted molar refractivity (Wildman–Crippen MR) is 73.5 cm³/mol. The summed E-state index contributed by atoms with van der Waals surface area (Å²) in [6.07, 6.45) is 0. The Kier molecular flexibility index (Phi) is 3.92. The number of hydrogen-bond acceptors (Lipinski definition) is 4. The zero-order valence-electron chi connectivity index (χ0n) is 10.6. The molecule has 0 radical (unpaired) electrons. The fraction of sp³-hybridized carbons (Fsp3) is 0.500. The van der Waals surface area contributed by atoms with E-state index in [2.05, 4.69) is 26.3 Å². The largest absolute Gasteiger partial charge is 0.398 e. The van der Waals surface area contributed by atoms with Crippen LogP contribution in [0.2, 0.25) is 0 Å². The minimum Gasteiger partial charge on any atom is -0.398 e. The maximum absolute atomic E-state index is 8.41. The lowest BCUT2D eigenvalue weighted by Gasteiger charge is -2.30. The molecule has 0 aliphatic carbocycles. The molecule has 0 aromatic heterocycles. The van der Waals surface area contributed by atoms with Crippen LogP contribution in [-0.2, 0) is 6.54 Å². The first-order chi connectivity index (χ1) is 8.72. The molecule has 0 bridgehead atoms. The van der Waals surface area contributed by atoms with Gasteiger partial charge >= 0.3 is 0 Å². The van der Waals surface area contributed by atoms with Gasteiger partial charge in [0.05, 0.1) is 6.54 Å². The molecule has 6 nitrogen and oxygen atoms in total. The summed E-state index contributed by atoms with van der Waals surface area (Å²) in [4.78, 5) is 5.10. The topological polar surface area (TPSA) is 90.0 Å². The molecule has 0 unspecified atom stereocenters. The van der Waals surface area contributed by atoms with Crippen LogP contribution in [0.15, 0.2) is 17.2 Å². The van der Waals surface area contributed by atoms with Crippen molar-refractivity contribution >= 4 is 11.4 Å². The smallest absolute Gasteiger partial charge is 0.0515 e. The van der Waals surface area contributed by atoms with Gasteiger partial charge in [0.15, 0.2) is 0 Å². The van der Waals surface area contributed by atoms with E-state index in [1.165, 1.54) is 0 Å². The van der Waals surface area contributed by atoms with E-state index >= 15 is 0 Å². The molecular formula is C12H18N6. The molecule has 96 valence electrons. The van der Waals surface area contributed by atoms with Gasteiger partial charge in [0.2, 0.25) is 0 Å². The maximum atomic E-state index is 8.41. The molecule has 1 aliphatic heterocycles. The van der Waals surface area contributed by atoms with Gasteiger partial charge in [0.25, 0.3) is 0 Å². The Morgan fingerprint density at radius 2 is 2.17 bits per heavy atom. The van der Waals surface area contributed by atoms with Gasteiger partial charge < -0.3 is 16.0 Å². The van der Waals surface area contributed by atoms with Crippen LogP contribution in [0.25, 0.3) is 10.4 Å². The monoisotopic (exact) mass is 246 g/mol. The predicted octanol–water partition coefficient (Wildman–Crippen LogP) is 1.80. The van der Waals surface area contributed by atoms with Crippen molar-refractivity contribution in [2.45, 2.75) is 13.5 Å². The number of nitrogens with two attached hydrogens (primary N) is 1. The highest BCUT2D eigenvalue weighted by molar-refractivity contribution is 5.63. The average molecular weight is 246 g/mol. The maximum Gasteiger partial charge on any atom is 0.0515 e. The summed E-state index contributed by atoms with van der Waals surface area (Å²) in [6.45, 7) is 6.23. The molecule has 0 spiro atoms. The van der Waals surface area contributed by atoms with Crippen LogP contribution in [-0.4, -0.2) is 26.2 Å². The fourth-order valence-corrected chi connectivity index (χ4v) is 2.16. The van der Waals surface area contributed by atoms with Crippen LogP contribution >= 0.6 is 0 Å². The highest BCUT2D eigenvalue weighted by Gasteiger charge is 2.13. The number of anilines is 2. The lowest BCUT2D eigenvalue weighted by Crippen LogP contribution is -2.43. The third kappa shape index (κ3) is 2.67. The minimum absolute atomic E-state index is 0.354. The Labute approximate surface area is 106 Å². The van der Waals surface area contributed by atoms with Gasteiger partial charge in [-0.2, -0.15) is 0 Å². The minimum atomic E-state index is 0.354. The molecule has 18 heavy (non-hydrogen) atoms. The van der Waals surface area contributed by atoms with Crippen molar-refractivity contribution < 1.29 is 0 Å². The fourth-order valence-electron chi connectivity index (χ4n) is 2.16. The lowest BCUT2D eigenvalue weighted by atomic mass is 10.0. The summed E-state index contributed by atoms with van der Waals surface area (Å²) in [7, 11) is 0. The molecule has 0 amide bonds. The quantitative estimate of drug-likeness (QED) is 0.369. The van der Waals surface area contributed by atoms with Crippen LogP contribution in [0.4, 0.5) is 11.4 Å². The Hall–Kier alpha value is -1.91. The lowest BCUT2D eigenvalue weighted by molar-refractivity contribution is 0.589. The summed E-state index contributed by atoms with van der Waals surface area (Å²) >= 11 is 0. The molecule has 1 fully saturated rings. The Balaban J connectivity index is 2.30. The van der Waals surface area contributed by atoms with Gasteiger partial charge in [0, 0.05) is 42.5 Å². The molecule has 3 N–H and O–H groups in total. The number of rotatable bonds is 3. The molecule has 0 saturated carbocycles. The van der Waals surface area contributed by atoms with Crippen molar-refractivity contribution in [3.63, 3.8) is 0 Å². The second-order valence-electron chi connectivity index (χ2n) is 4.45. The van der Waals surface area contributed by atoms with E-state index in [0.29, 0.717) is 6.54 Å². The van der Waals surface area contributed by atoms with Crippen LogP contribution in [0.1, 0.15) is 11.1 Å². The van der Waals surface area contributed by atoms with E-state index in [1.807, 2.05) is 13.0 Å². The molecule has 0 atom stereocenters. The van der Waals surface area contributed by atoms with Crippen molar-refractivity contribution in [2.24, 2.45) is 5.11 Å². The molecule has 1 aliphatic rings. The third-order valence-corrected chi connectivity index (χ3v) is 3.33. The van der Waals surface area contributed by atoms with Crippen molar-refractivity contribution in [2.75, 3.05) is 36.8 Å². The number of nitrogen functional groups attached to an aromatic ring is 1. The second kappa shape index (κ2) is 5.62. The molecule has 1 heterocycles. The van der Waals surface area contributed by atoms with Gasteiger partial charge in [-0.1, -0.05) is 5.11 Å². The van der Waals surface area contributed by atoms with Crippen molar-refractivity contribution in [1.82, 2.24) is 5.32 Å². The first-order valence-corrected chi connectivity index (χ1v) is 6.08. The molecule has 1 saturated heterocycles. The van der Waals surface area contributed by atoms with E-state index in [1.54, 1.807) is 0 Å². The van der Waals surface area contributed by atoms with Gasteiger partial charge in [0.1, 0.15) is 0 Å². The van der Waals surface area contributed by atoms with Gasteiger partial charge in [-0.3, -0.25) is 0 Å². The molecule has 6 heteroatoms. The first kappa shape index (κ1) is 12.5. The van der Waals surface area contributed by atoms with Crippen molar-refractivity contribution in [1.29, 1.82) is 0 Å². The van der Waals surface area contributed by atoms with E-state index < -0.39 is 0 Å². The SMILES string of the molecule is Cc1c(N)cc(N2CCNCC2)cc1CN=[N+]=[N-]. The number of nitrogens with zero attached hydrogens (tertiary/aromatic N) is 4. The van der Waals surface area contributed by atoms with E-state index in [4.69, 9.17) is 11.3 Å². The molecular weight excluding hydrogens is 228 g/mol. The molecule has 1 aromatic rings. The second-order valence-corrected chi connectivity index (χ2v) is 4.45. The Morgan fingerprint density at radius 1 is 1.44 bits per heavy atom. The number of azide groups is 1. The van der Waals surface area contributed by atoms with Crippen LogP contribution in [0.3, 0.4) is 0 Å². The van der Waals surface area contributed by atoms with E-state index in [-0.39, 0.29) is 0 Å².